The molecule has 0 aliphatic carbocycles. The summed E-state index contributed by atoms with van der Waals surface area (Å²) in [6, 6.07) is 6.88. The van der Waals surface area contributed by atoms with E-state index in [9.17, 15) is 13.6 Å². The summed E-state index contributed by atoms with van der Waals surface area (Å²) >= 11 is 0. The van der Waals surface area contributed by atoms with E-state index in [-0.39, 0.29) is 40.6 Å². The summed E-state index contributed by atoms with van der Waals surface area (Å²) in [6.45, 7) is 3.70. The molecule has 0 unspecified atom stereocenters. The summed E-state index contributed by atoms with van der Waals surface area (Å²) in [7, 11) is 1.38. The lowest BCUT2D eigenvalue weighted by atomic mass is 10.1. The van der Waals surface area contributed by atoms with Crippen molar-refractivity contribution in [2.75, 3.05) is 17.7 Å². The normalized spacial score (nSPS) is 12.7. The number of aromatic nitrogens is 2. The number of pyridine rings is 2. The van der Waals surface area contributed by atoms with Gasteiger partial charge in [0.05, 0.1) is 24.6 Å². The Labute approximate surface area is 190 Å². The van der Waals surface area contributed by atoms with Crippen molar-refractivity contribution >= 4 is 23.2 Å². The van der Waals surface area contributed by atoms with Crippen molar-refractivity contribution in [1.29, 1.82) is 0 Å². The minimum absolute atomic E-state index is 0.0241. The predicted octanol–water partition coefficient (Wildman–Crippen LogP) is 3.81. The Kier molecular flexibility index (Phi) is 7.39. The van der Waals surface area contributed by atoms with E-state index in [1.165, 1.54) is 25.6 Å². The Balaban J connectivity index is 2.00. The molecule has 2 atom stereocenters. The maximum Gasteiger partial charge on any atom is 0.252 e. The lowest BCUT2D eigenvalue weighted by molar-refractivity contribution is 0.100. The van der Waals surface area contributed by atoms with Gasteiger partial charge in [0.1, 0.15) is 5.82 Å². The van der Waals surface area contributed by atoms with E-state index in [0.29, 0.717) is 17.7 Å². The minimum atomic E-state index is -0.863. The van der Waals surface area contributed by atoms with Crippen molar-refractivity contribution in [3.63, 3.8) is 0 Å². The number of benzene rings is 1. The van der Waals surface area contributed by atoms with Crippen LogP contribution >= 0.6 is 0 Å². The third-order valence-electron chi connectivity index (χ3n) is 5.13. The molecule has 0 aliphatic heterocycles. The molecule has 0 aliphatic rings. The number of halogens is 2. The Hall–Kier alpha value is -3.79. The fourth-order valence-corrected chi connectivity index (χ4v) is 3.34. The third kappa shape index (κ3) is 5.35. The quantitative estimate of drug-likeness (QED) is 0.385. The second kappa shape index (κ2) is 10.2. The molecular weight excluding hydrogens is 430 g/mol. The Morgan fingerprint density at radius 2 is 1.97 bits per heavy atom. The van der Waals surface area contributed by atoms with Crippen molar-refractivity contribution in [1.82, 2.24) is 9.97 Å². The van der Waals surface area contributed by atoms with Crippen LogP contribution in [0.1, 0.15) is 30.6 Å². The van der Waals surface area contributed by atoms with Gasteiger partial charge in [0, 0.05) is 29.4 Å². The first-order valence-corrected chi connectivity index (χ1v) is 10.3. The van der Waals surface area contributed by atoms with Crippen molar-refractivity contribution in [2.24, 2.45) is 11.5 Å². The van der Waals surface area contributed by atoms with E-state index >= 15 is 0 Å². The van der Waals surface area contributed by atoms with Gasteiger partial charge in [-0.15, -0.1) is 0 Å². The van der Waals surface area contributed by atoms with E-state index in [1.807, 2.05) is 6.92 Å². The van der Waals surface area contributed by atoms with Crippen LogP contribution in [0.4, 0.5) is 26.1 Å². The van der Waals surface area contributed by atoms with Gasteiger partial charge < -0.3 is 26.8 Å². The van der Waals surface area contributed by atoms with Gasteiger partial charge in [-0.1, -0.05) is 19.1 Å². The zero-order valence-corrected chi connectivity index (χ0v) is 18.5. The topological polar surface area (TPSA) is 128 Å². The number of hydrogen-bond acceptors (Lipinski definition) is 7. The van der Waals surface area contributed by atoms with E-state index in [4.69, 9.17) is 16.2 Å². The highest BCUT2D eigenvalue weighted by atomic mass is 19.1. The number of hydrogen-bond donors (Lipinski definition) is 4. The highest BCUT2D eigenvalue weighted by Crippen LogP contribution is 2.31. The summed E-state index contributed by atoms with van der Waals surface area (Å²) in [6.07, 6.45) is 3.58. The molecule has 174 valence electrons. The van der Waals surface area contributed by atoms with E-state index < -0.39 is 17.5 Å². The number of methoxy groups -OCH3 is 1. The van der Waals surface area contributed by atoms with Crippen molar-refractivity contribution in [3.8, 4) is 16.9 Å². The van der Waals surface area contributed by atoms with Crippen molar-refractivity contribution < 1.29 is 18.3 Å². The number of primary amides is 1. The van der Waals surface area contributed by atoms with Gasteiger partial charge >= 0.3 is 0 Å². The largest absolute Gasteiger partial charge is 0.494 e. The second-order valence-electron chi connectivity index (χ2n) is 7.51. The number of nitrogens with zero attached hydrogens (tertiary/aromatic N) is 2. The molecule has 10 heteroatoms. The zero-order chi connectivity index (χ0) is 24.1. The second-order valence-corrected chi connectivity index (χ2v) is 7.51. The lowest BCUT2D eigenvalue weighted by Crippen LogP contribution is -2.38. The fraction of sp³-hybridized carbons (Fsp3) is 0.261. The molecule has 1 amide bonds. The molecule has 1 aromatic carbocycles. The number of carbonyl (C=O) groups is 1. The Morgan fingerprint density at radius 1 is 1.21 bits per heavy atom. The highest BCUT2D eigenvalue weighted by Gasteiger charge is 2.20. The first-order valence-electron chi connectivity index (χ1n) is 10.3. The van der Waals surface area contributed by atoms with Crippen LogP contribution in [0.25, 0.3) is 11.1 Å². The van der Waals surface area contributed by atoms with Gasteiger partial charge in [0.2, 0.25) is 0 Å². The van der Waals surface area contributed by atoms with Crippen molar-refractivity contribution in [3.05, 3.63) is 59.9 Å². The van der Waals surface area contributed by atoms with Gasteiger partial charge in [0.25, 0.3) is 5.91 Å². The standard InChI is InChI=1S/C23H26F2N6O2/c1-4-18(12(2)26)30-23-17(24)9-16(21(27)32)22(31-23)29-14-8-13(10-28-11-14)15-6-5-7-19(33-3)20(15)25/h5-12,18H,4,26H2,1-3H3,(H2,27,32)(H2,29,30,31)/t12-,18+/m0/s1. The molecule has 0 bridgehead atoms. The number of nitrogens with one attached hydrogen (secondary N) is 2. The van der Waals surface area contributed by atoms with E-state index in [0.717, 1.165) is 6.07 Å². The van der Waals surface area contributed by atoms with E-state index in [2.05, 4.69) is 20.6 Å². The van der Waals surface area contributed by atoms with Crippen molar-refractivity contribution in [2.45, 2.75) is 32.4 Å². The molecule has 0 fully saturated rings. The summed E-state index contributed by atoms with van der Waals surface area (Å²) in [5.41, 5.74) is 12.3. The molecular formula is C23H26F2N6O2. The third-order valence-corrected chi connectivity index (χ3v) is 5.13. The highest BCUT2D eigenvalue weighted by molar-refractivity contribution is 5.98. The van der Waals surface area contributed by atoms with Crippen LogP contribution < -0.4 is 26.8 Å². The number of amides is 1. The van der Waals surface area contributed by atoms with Crippen LogP contribution in [0.15, 0.2) is 42.7 Å². The SMILES string of the molecule is CC[C@@H](Nc1nc(Nc2cncc(-c3cccc(OC)c3F)c2)c(C(N)=O)cc1F)[C@H](C)N. The number of rotatable bonds is 9. The average Bonchev–Trinajstić information content (AvgIpc) is 2.79. The summed E-state index contributed by atoms with van der Waals surface area (Å²) in [5, 5.41) is 5.90. The molecule has 2 aromatic heterocycles. The number of anilines is 3. The summed E-state index contributed by atoms with van der Waals surface area (Å²) in [4.78, 5) is 20.3. The molecule has 8 nitrogen and oxygen atoms in total. The van der Waals surface area contributed by atoms with Crippen LogP contribution in [0, 0.1) is 11.6 Å². The smallest absolute Gasteiger partial charge is 0.252 e. The molecule has 6 N–H and O–H groups in total. The molecule has 33 heavy (non-hydrogen) atoms. The first-order chi connectivity index (χ1) is 15.7. The minimum Gasteiger partial charge on any atom is -0.494 e. The van der Waals surface area contributed by atoms with Crippen LogP contribution in [-0.4, -0.2) is 35.1 Å². The van der Waals surface area contributed by atoms with Gasteiger partial charge in [0.15, 0.2) is 23.2 Å². The van der Waals surface area contributed by atoms with Crippen LogP contribution in [0.3, 0.4) is 0 Å². The number of ether oxygens (including phenoxy) is 1. The fourth-order valence-electron chi connectivity index (χ4n) is 3.34. The maximum absolute atomic E-state index is 14.7. The van der Waals surface area contributed by atoms with E-state index in [1.54, 1.807) is 25.1 Å². The maximum atomic E-state index is 14.7. The molecule has 3 rings (SSSR count). The van der Waals surface area contributed by atoms with Gasteiger partial charge in [-0.25, -0.2) is 13.8 Å². The molecule has 3 aromatic rings. The monoisotopic (exact) mass is 456 g/mol. The van der Waals surface area contributed by atoms with Crippen LogP contribution in [-0.2, 0) is 0 Å². The molecule has 0 spiro atoms. The predicted molar refractivity (Wildman–Crippen MR) is 124 cm³/mol. The summed E-state index contributed by atoms with van der Waals surface area (Å²) < 4.78 is 34.4. The Bertz CT molecular complexity index is 1160. The summed E-state index contributed by atoms with van der Waals surface area (Å²) in [5.74, 6) is -2.09. The molecule has 2 heterocycles. The van der Waals surface area contributed by atoms with Crippen LogP contribution in [0.2, 0.25) is 0 Å². The molecule has 0 radical (unpaired) electrons. The lowest BCUT2D eigenvalue weighted by Gasteiger charge is -2.22. The Morgan fingerprint density at radius 3 is 2.61 bits per heavy atom. The van der Waals surface area contributed by atoms with Gasteiger partial charge in [-0.3, -0.25) is 9.78 Å². The van der Waals surface area contributed by atoms with Gasteiger partial charge in [-0.05, 0) is 31.5 Å². The van der Waals surface area contributed by atoms with Gasteiger partial charge in [-0.2, -0.15) is 0 Å². The molecule has 0 saturated carbocycles. The zero-order valence-electron chi connectivity index (χ0n) is 18.5. The average molecular weight is 456 g/mol. The number of nitrogens with two attached hydrogens (primary N) is 2. The first kappa shape index (κ1) is 23.9. The molecule has 0 saturated heterocycles. The van der Waals surface area contributed by atoms with Crippen LogP contribution in [0.5, 0.6) is 5.75 Å². The number of carbonyl (C=O) groups excluding carboxylic acids is 1.